The van der Waals surface area contributed by atoms with E-state index in [1.807, 2.05) is 0 Å². The molecule has 0 unspecified atom stereocenters. The maximum absolute atomic E-state index is 12.8. The summed E-state index contributed by atoms with van der Waals surface area (Å²) < 4.78 is 82.6. The van der Waals surface area contributed by atoms with Crippen molar-refractivity contribution in [3.8, 4) is 11.5 Å². The Balaban J connectivity index is 3.53. The van der Waals surface area contributed by atoms with Crippen molar-refractivity contribution in [2.75, 3.05) is 7.11 Å². The van der Waals surface area contributed by atoms with E-state index in [-0.39, 0.29) is 0 Å². The van der Waals surface area contributed by atoms with Gasteiger partial charge in [0.05, 0.1) is 19.0 Å². The number of halogens is 6. The fourth-order valence-corrected chi connectivity index (χ4v) is 1.31. The number of pyridine rings is 1. The van der Waals surface area contributed by atoms with Gasteiger partial charge in [0, 0.05) is 6.54 Å². The van der Waals surface area contributed by atoms with Crippen molar-refractivity contribution in [2.45, 2.75) is 19.1 Å². The summed E-state index contributed by atoms with van der Waals surface area (Å²) in [5, 5.41) is 0. The van der Waals surface area contributed by atoms with E-state index < -0.39 is 41.8 Å². The minimum atomic E-state index is -5.31. The van der Waals surface area contributed by atoms with Crippen molar-refractivity contribution in [3.63, 3.8) is 0 Å². The molecular formula is C9H8F6N2O2. The summed E-state index contributed by atoms with van der Waals surface area (Å²) in [4.78, 5) is 3.35. The SMILES string of the molecule is COc1cnc(CN)c(OC(F)(F)F)c1C(F)(F)F. The van der Waals surface area contributed by atoms with Crippen LogP contribution in [0.2, 0.25) is 0 Å². The van der Waals surface area contributed by atoms with E-state index in [2.05, 4.69) is 14.5 Å². The van der Waals surface area contributed by atoms with Crippen LogP contribution in [0.25, 0.3) is 0 Å². The Morgan fingerprint density at radius 3 is 2.16 bits per heavy atom. The summed E-state index contributed by atoms with van der Waals surface area (Å²) in [5.74, 6) is -2.38. The molecule has 0 spiro atoms. The molecule has 0 aliphatic carbocycles. The average molecular weight is 290 g/mol. The van der Waals surface area contributed by atoms with Gasteiger partial charge in [-0.15, -0.1) is 13.2 Å². The first kappa shape index (κ1) is 15.3. The lowest BCUT2D eigenvalue weighted by molar-refractivity contribution is -0.276. The highest BCUT2D eigenvalue weighted by atomic mass is 19.4. The molecule has 0 aromatic carbocycles. The van der Waals surface area contributed by atoms with Gasteiger partial charge in [-0.2, -0.15) is 13.2 Å². The predicted molar refractivity (Wildman–Crippen MR) is 50.4 cm³/mol. The maximum atomic E-state index is 12.8. The summed E-state index contributed by atoms with van der Waals surface area (Å²) >= 11 is 0. The first-order chi connectivity index (χ1) is 8.60. The zero-order chi connectivity index (χ0) is 14.8. The van der Waals surface area contributed by atoms with Gasteiger partial charge in [0.1, 0.15) is 5.56 Å². The molecule has 2 N–H and O–H groups in total. The largest absolute Gasteiger partial charge is 0.573 e. The number of hydrogen-bond acceptors (Lipinski definition) is 4. The van der Waals surface area contributed by atoms with Gasteiger partial charge in [0.2, 0.25) is 0 Å². The minimum absolute atomic E-state index is 0.633. The molecule has 0 fully saturated rings. The maximum Gasteiger partial charge on any atom is 0.573 e. The molecule has 1 aromatic rings. The number of methoxy groups -OCH3 is 1. The van der Waals surface area contributed by atoms with E-state index in [1.165, 1.54) is 0 Å². The number of alkyl halides is 6. The molecule has 0 amide bonds. The first-order valence-electron chi connectivity index (χ1n) is 4.69. The lowest BCUT2D eigenvalue weighted by Crippen LogP contribution is -2.23. The fourth-order valence-electron chi connectivity index (χ4n) is 1.31. The van der Waals surface area contributed by atoms with Crippen LogP contribution in [0.15, 0.2) is 6.20 Å². The molecule has 0 aliphatic heterocycles. The molecule has 1 rings (SSSR count). The van der Waals surface area contributed by atoms with Crippen LogP contribution >= 0.6 is 0 Å². The molecule has 108 valence electrons. The number of ether oxygens (including phenoxy) is 2. The molecule has 4 nitrogen and oxygen atoms in total. The van der Waals surface area contributed by atoms with Crippen LogP contribution in [-0.4, -0.2) is 18.5 Å². The Labute approximate surface area is 103 Å². The Hall–Kier alpha value is -1.71. The van der Waals surface area contributed by atoms with Crippen molar-refractivity contribution in [2.24, 2.45) is 5.73 Å². The van der Waals surface area contributed by atoms with E-state index in [1.54, 1.807) is 0 Å². The fraction of sp³-hybridized carbons (Fsp3) is 0.444. The quantitative estimate of drug-likeness (QED) is 0.869. The van der Waals surface area contributed by atoms with Crippen LogP contribution in [0.3, 0.4) is 0 Å². The Morgan fingerprint density at radius 2 is 1.79 bits per heavy atom. The average Bonchev–Trinajstić information content (AvgIpc) is 2.24. The second kappa shape index (κ2) is 5.11. The number of hydrogen-bond donors (Lipinski definition) is 1. The highest BCUT2D eigenvalue weighted by molar-refractivity contribution is 5.48. The van der Waals surface area contributed by atoms with Crippen molar-refractivity contribution >= 4 is 0 Å². The smallest absolute Gasteiger partial charge is 0.494 e. The van der Waals surface area contributed by atoms with Crippen LogP contribution in [0.1, 0.15) is 11.3 Å². The second-order valence-corrected chi connectivity index (χ2v) is 3.23. The predicted octanol–water partition coefficient (Wildman–Crippen LogP) is 2.47. The minimum Gasteiger partial charge on any atom is -0.494 e. The lowest BCUT2D eigenvalue weighted by Gasteiger charge is -2.19. The van der Waals surface area contributed by atoms with Crippen molar-refractivity contribution < 1.29 is 35.8 Å². The Bertz CT molecular complexity index is 457. The molecule has 0 radical (unpaired) electrons. The van der Waals surface area contributed by atoms with Gasteiger partial charge < -0.3 is 15.2 Å². The number of rotatable bonds is 3. The van der Waals surface area contributed by atoms with Gasteiger partial charge >= 0.3 is 12.5 Å². The Kier molecular flexibility index (Phi) is 4.13. The van der Waals surface area contributed by atoms with Gasteiger partial charge in [-0.1, -0.05) is 0 Å². The van der Waals surface area contributed by atoms with Crippen LogP contribution in [0, 0.1) is 0 Å². The van der Waals surface area contributed by atoms with Crippen molar-refractivity contribution in [1.29, 1.82) is 0 Å². The topological polar surface area (TPSA) is 57.4 Å². The summed E-state index contributed by atoms with van der Waals surface area (Å²) in [6, 6.07) is 0. The molecule has 10 heteroatoms. The van der Waals surface area contributed by atoms with Gasteiger partial charge in [-0.25, -0.2) is 0 Å². The second-order valence-electron chi connectivity index (χ2n) is 3.23. The molecule has 0 bridgehead atoms. The molecule has 0 atom stereocenters. The standard InChI is InChI=1S/C9H8F6N2O2/c1-18-5-3-17-4(2-16)7(19-9(13,14)15)6(5)8(10,11)12/h3H,2,16H2,1H3. The third-order valence-corrected chi connectivity index (χ3v) is 1.99. The van der Waals surface area contributed by atoms with Crippen LogP contribution < -0.4 is 15.2 Å². The van der Waals surface area contributed by atoms with Gasteiger partial charge in [-0.3, -0.25) is 4.98 Å². The van der Waals surface area contributed by atoms with E-state index in [9.17, 15) is 26.3 Å². The third-order valence-electron chi connectivity index (χ3n) is 1.99. The molecular weight excluding hydrogens is 282 g/mol. The van der Waals surface area contributed by atoms with Crippen molar-refractivity contribution in [3.05, 3.63) is 17.5 Å². The molecule has 0 saturated carbocycles. The van der Waals surface area contributed by atoms with E-state index in [4.69, 9.17) is 5.73 Å². The number of nitrogens with two attached hydrogens (primary N) is 1. The van der Waals surface area contributed by atoms with E-state index in [0.717, 1.165) is 7.11 Å². The highest BCUT2D eigenvalue weighted by Gasteiger charge is 2.43. The van der Waals surface area contributed by atoms with E-state index >= 15 is 0 Å². The normalized spacial score (nSPS) is 12.4. The van der Waals surface area contributed by atoms with Gasteiger partial charge in [-0.05, 0) is 0 Å². The van der Waals surface area contributed by atoms with Gasteiger partial charge in [0.25, 0.3) is 0 Å². The molecule has 19 heavy (non-hydrogen) atoms. The highest BCUT2D eigenvalue weighted by Crippen LogP contribution is 2.44. The zero-order valence-corrected chi connectivity index (χ0v) is 9.39. The van der Waals surface area contributed by atoms with E-state index in [0.29, 0.717) is 6.20 Å². The van der Waals surface area contributed by atoms with Crippen LogP contribution in [0.4, 0.5) is 26.3 Å². The summed E-state index contributed by atoms with van der Waals surface area (Å²) in [6.07, 6.45) is -9.79. The summed E-state index contributed by atoms with van der Waals surface area (Å²) in [6.45, 7) is -0.654. The molecule has 1 aromatic heterocycles. The lowest BCUT2D eigenvalue weighted by atomic mass is 10.1. The monoisotopic (exact) mass is 290 g/mol. The van der Waals surface area contributed by atoms with Crippen molar-refractivity contribution in [1.82, 2.24) is 4.98 Å². The zero-order valence-electron chi connectivity index (χ0n) is 9.39. The Morgan fingerprint density at radius 1 is 1.21 bits per heavy atom. The van der Waals surface area contributed by atoms with Crippen LogP contribution in [-0.2, 0) is 12.7 Å². The molecule has 1 heterocycles. The molecule has 0 aliphatic rings. The summed E-state index contributed by atoms with van der Waals surface area (Å²) in [5.41, 5.74) is 2.67. The number of nitrogens with zero attached hydrogens (tertiary/aromatic N) is 1. The third kappa shape index (κ3) is 3.63. The van der Waals surface area contributed by atoms with Gasteiger partial charge in [0.15, 0.2) is 11.5 Å². The first-order valence-corrected chi connectivity index (χ1v) is 4.69. The summed E-state index contributed by atoms with van der Waals surface area (Å²) in [7, 11) is 0.867. The van der Waals surface area contributed by atoms with Crippen LogP contribution in [0.5, 0.6) is 11.5 Å². The number of aromatic nitrogens is 1. The molecule has 0 saturated heterocycles.